The molecule has 0 aliphatic rings. The largest absolute Gasteiger partial charge is 0.308 e. The monoisotopic (exact) mass is 650 g/mol. The van der Waals surface area contributed by atoms with E-state index in [0.29, 0.717) is 0 Å². The van der Waals surface area contributed by atoms with Crippen molar-refractivity contribution < 1.29 is 0 Å². The number of pyridine rings is 3. The molecule has 0 saturated heterocycles. The maximum Gasteiger partial charge on any atom is 0.0899 e. The van der Waals surface area contributed by atoms with E-state index in [0.717, 1.165) is 50.5 Å². The summed E-state index contributed by atoms with van der Waals surface area (Å²) in [6.45, 7) is 0. The van der Waals surface area contributed by atoms with Gasteiger partial charge in [0.15, 0.2) is 0 Å². The average Bonchev–Trinajstić information content (AvgIpc) is 3.55. The molecule has 0 fully saturated rings. The molecule has 0 unspecified atom stereocenters. The zero-order valence-electron chi connectivity index (χ0n) is 27.6. The fourth-order valence-corrected chi connectivity index (χ4v) is 7.69. The van der Waals surface area contributed by atoms with E-state index in [-0.39, 0.29) is 0 Å². The number of rotatable bonds is 5. The van der Waals surface area contributed by atoms with Crippen molar-refractivity contribution in [3.05, 3.63) is 182 Å². The summed E-state index contributed by atoms with van der Waals surface area (Å²) in [7, 11) is 0. The Morgan fingerprint density at radius 1 is 0.373 bits per heavy atom. The van der Waals surface area contributed by atoms with Crippen LogP contribution < -0.4 is 0 Å². The van der Waals surface area contributed by atoms with Gasteiger partial charge in [0.1, 0.15) is 0 Å². The van der Waals surface area contributed by atoms with Crippen molar-refractivity contribution in [2.75, 3.05) is 0 Å². The maximum atomic E-state index is 5.36. The van der Waals surface area contributed by atoms with Gasteiger partial charge < -0.3 is 4.57 Å². The van der Waals surface area contributed by atoms with Gasteiger partial charge in [0.2, 0.25) is 0 Å². The lowest BCUT2D eigenvalue weighted by atomic mass is 9.87. The van der Waals surface area contributed by atoms with Crippen molar-refractivity contribution in [3.8, 4) is 50.6 Å². The van der Waals surface area contributed by atoms with E-state index in [1.54, 1.807) is 0 Å². The molecule has 0 spiro atoms. The Morgan fingerprint density at radius 2 is 0.980 bits per heavy atom. The van der Waals surface area contributed by atoms with Gasteiger partial charge >= 0.3 is 0 Å². The van der Waals surface area contributed by atoms with Crippen molar-refractivity contribution in [1.29, 1.82) is 0 Å². The molecule has 238 valence electrons. The number of hydrogen-bond acceptors (Lipinski definition) is 3. The van der Waals surface area contributed by atoms with Gasteiger partial charge in [0, 0.05) is 34.4 Å². The van der Waals surface area contributed by atoms with Crippen LogP contribution in [0.4, 0.5) is 0 Å². The zero-order valence-corrected chi connectivity index (χ0v) is 27.6. The lowest BCUT2D eigenvalue weighted by molar-refractivity contribution is 1.17. The van der Waals surface area contributed by atoms with Gasteiger partial charge in [-0.05, 0) is 92.3 Å². The first-order valence-electron chi connectivity index (χ1n) is 17.2. The highest BCUT2D eigenvalue weighted by Crippen LogP contribution is 2.44. The van der Waals surface area contributed by atoms with E-state index in [1.807, 2.05) is 36.8 Å². The molecule has 0 radical (unpaired) electrons. The fraction of sp³-hybridized carbons (Fsp3) is 0. The molecule has 0 atom stereocenters. The minimum atomic E-state index is 0.834. The van der Waals surface area contributed by atoms with Crippen LogP contribution in [-0.2, 0) is 0 Å². The average molecular weight is 651 g/mol. The molecule has 6 aromatic carbocycles. The number of aromatic nitrogens is 4. The molecule has 0 aliphatic heterocycles. The SMILES string of the molecule is c1ccc(-c2c3ccccc3c(-c3cc(-c4ccc(-n5c6ccccc6c6ccncc65)cc4)cc(-c4ccccn4)n3)c3ccccc23)cc1. The molecular formula is C47H30N4. The standard InChI is InChI=1S/C47H30N4/c1-2-12-32(13-3-1)46-37-15-4-6-17-39(37)47(40-18-7-5-16-38(40)46)43-29-33(28-42(50-43)41-19-10-11-26-49-41)31-21-23-34(24-22-31)51-44-20-9-8-14-35(44)36-25-27-48-30-45(36)51/h1-30H. The van der Waals surface area contributed by atoms with E-state index < -0.39 is 0 Å². The number of para-hydroxylation sites is 1. The van der Waals surface area contributed by atoms with Gasteiger partial charge in [-0.1, -0.05) is 115 Å². The normalized spacial score (nSPS) is 11.5. The van der Waals surface area contributed by atoms with Gasteiger partial charge in [-0.3, -0.25) is 9.97 Å². The van der Waals surface area contributed by atoms with Crippen molar-refractivity contribution in [2.45, 2.75) is 0 Å². The van der Waals surface area contributed by atoms with E-state index >= 15 is 0 Å². The summed E-state index contributed by atoms with van der Waals surface area (Å²) in [6.07, 6.45) is 5.65. The van der Waals surface area contributed by atoms with E-state index in [1.165, 1.54) is 43.4 Å². The highest BCUT2D eigenvalue weighted by Gasteiger charge is 2.19. The van der Waals surface area contributed by atoms with Crippen LogP contribution in [0.3, 0.4) is 0 Å². The molecule has 4 aromatic heterocycles. The summed E-state index contributed by atoms with van der Waals surface area (Å²) in [5, 5.41) is 7.16. The first kappa shape index (κ1) is 29.0. The third-order valence-electron chi connectivity index (χ3n) is 9.94. The Balaban J connectivity index is 1.20. The number of benzene rings is 6. The molecule has 0 saturated carbocycles. The Labute approximate surface area is 295 Å². The molecule has 0 bridgehead atoms. The molecular weight excluding hydrogens is 621 g/mol. The molecule has 4 nitrogen and oxygen atoms in total. The Morgan fingerprint density at radius 3 is 1.69 bits per heavy atom. The summed E-state index contributed by atoms with van der Waals surface area (Å²) in [6, 6.07) is 58.0. The van der Waals surface area contributed by atoms with Gasteiger partial charge in [0.25, 0.3) is 0 Å². The van der Waals surface area contributed by atoms with E-state index in [2.05, 4.69) is 155 Å². The predicted octanol–water partition coefficient (Wildman–Crippen LogP) is 11.9. The van der Waals surface area contributed by atoms with Crippen LogP contribution in [-0.4, -0.2) is 19.5 Å². The lowest BCUT2D eigenvalue weighted by Gasteiger charge is -2.18. The molecule has 0 amide bonds. The minimum Gasteiger partial charge on any atom is -0.308 e. The Hall–Kier alpha value is -6.91. The van der Waals surface area contributed by atoms with Crippen LogP contribution in [0.5, 0.6) is 0 Å². The molecule has 0 aliphatic carbocycles. The van der Waals surface area contributed by atoms with Crippen LogP contribution in [0.1, 0.15) is 0 Å². The summed E-state index contributed by atoms with van der Waals surface area (Å²) in [5.74, 6) is 0. The molecule has 51 heavy (non-hydrogen) atoms. The molecule has 0 N–H and O–H groups in total. The van der Waals surface area contributed by atoms with Crippen LogP contribution in [0, 0.1) is 0 Å². The summed E-state index contributed by atoms with van der Waals surface area (Å²) < 4.78 is 2.30. The van der Waals surface area contributed by atoms with Crippen LogP contribution in [0.15, 0.2) is 182 Å². The van der Waals surface area contributed by atoms with Gasteiger partial charge in [-0.2, -0.15) is 0 Å². The number of hydrogen-bond donors (Lipinski definition) is 0. The topological polar surface area (TPSA) is 43.6 Å². The maximum absolute atomic E-state index is 5.36. The zero-order chi connectivity index (χ0) is 33.7. The van der Waals surface area contributed by atoms with Crippen molar-refractivity contribution in [3.63, 3.8) is 0 Å². The smallest absolute Gasteiger partial charge is 0.0899 e. The Kier molecular flexibility index (Phi) is 6.78. The molecule has 4 heterocycles. The first-order chi connectivity index (χ1) is 25.3. The van der Waals surface area contributed by atoms with E-state index in [4.69, 9.17) is 9.97 Å². The summed E-state index contributed by atoms with van der Waals surface area (Å²) >= 11 is 0. The second-order valence-corrected chi connectivity index (χ2v) is 12.8. The Bertz CT molecular complexity index is 2780. The quantitative estimate of drug-likeness (QED) is 0.174. The van der Waals surface area contributed by atoms with Gasteiger partial charge in [-0.25, -0.2) is 4.98 Å². The fourth-order valence-electron chi connectivity index (χ4n) is 7.69. The molecule has 10 rings (SSSR count). The first-order valence-corrected chi connectivity index (χ1v) is 17.2. The predicted molar refractivity (Wildman–Crippen MR) is 211 cm³/mol. The van der Waals surface area contributed by atoms with Crippen LogP contribution in [0.25, 0.3) is 93.9 Å². The van der Waals surface area contributed by atoms with E-state index in [9.17, 15) is 0 Å². The van der Waals surface area contributed by atoms with Gasteiger partial charge in [0.05, 0.1) is 34.3 Å². The van der Waals surface area contributed by atoms with Gasteiger partial charge in [-0.15, -0.1) is 0 Å². The number of nitrogens with zero attached hydrogens (tertiary/aromatic N) is 4. The third kappa shape index (κ3) is 4.80. The number of fused-ring (bicyclic) bond motifs is 5. The van der Waals surface area contributed by atoms with Crippen molar-refractivity contribution in [1.82, 2.24) is 19.5 Å². The second-order valence-electron chi connectivity index (χ2n) is 12.8. The highest BCUT2D eigenvalue weighted by atomic mass is 15.0. The van der Waals surface area contributed by atoms with Crippen molar-refractivity contribution >= 4 is 43.4 Å². The van der Waals surface area contributed by atoms with Crippen LogP contribution in [0.2, 0.25) is 0 Å². The lowest BCUT2D eigenvalue weighted by Crippen LogP contribution is -1.96. The highest BCUT2D eigenvalue weighted by molar-refractivity contribution is 6.21. The molecule has 10 aromatic rings. The minimum absolute atomic E-state index is 0.834. The van der Waals surface area contributed by atoms with Crippen molar-refractivity contribution in [2.24, 2.45) is 0 Å². The molecule has 4 heteroatoms. The summed E-state index contributed by atoms with van der Waals surface area (Å²) in [4.78, 5) is 14.6. The second kappa shape index (κ2) is 11.9. The summed E-state index contributed by atoms with van der Waals surface area (Å²) in [5.41, 5.74) is 11.7. The van der Waals surface area contributed by atoms with Crippen LogP contribution >= 0.6 is 0 Å². The third-order valence-corrected chi connectivity index (χ3v) is 9.94.